The number of methoxy groups -OCH3 is 1. The summed E-state index contributed by atoms with van der Waals surface area (Å²) in [6.45, 7) is 18.0. The second-order valence-corrected chi connectivity index (χ2v) is 17.1. The van der Waals surface area contributed by atoms with Gasteiger partial charge >= 0.3 is 5.97 Å². The summed E-state index contributed by atoms with van der Waals surface area (Å²) in [5, 5.41) is 16.6. The maximum atomic E-state index is 12.9. The highest BCUT2D eigenvalue weighted by molar-refractivity contribution is 5.97. The summed E-state index contributed by atoms with van der Waals surface area (Å²) in [6.07, 6.45) is 5.16. The number of benzene rings is 3. The van der Waals surface area contributed by atoms with E-state index < -0.39 is 0 Å². The molecule has 0 radical (unpaired) electrons. The summed E-state index contributed by atoms with van der Waals surface area (Å²) in [5.41, 5.74) is 2.99. The average molecular weight is 699 g/mol. The lowest BCUT2D eigenvalue weighted by atomic mass is 9.74. The molecule has 0 aliphatic carbocycles. The molecule has 2 fully saturated rings. The summed E-state index contributed by atoms with van der Waals surface area (Å²) in [4.78, 5) is 36.9. The minimum Gasteiger partial charge on any atom is -0.508 e. The zero-order valence-corrected chi connectivity index (χ0v) is 32.0. The number of hydrogen-bond donors (Lipinski definition) is 3. The van der Waals surface area contributed by atoms with Crippen molar-refractivity contribution in [3.63, 3.8) is 0 Å². The number of ether oxygens (including phenoxy) is 2. The van der Waals surface area contributed by atoms with Gasteiger partial charge in [-0.3, -0.25) is 9.59 Å². The molecule has 8 heteroatoms. The zero-order chi connectivity index (χ0) is 37.6. The van der Waals surface area contributed by atoms with E-state index in [1.54, 1.807) is 42.5 Å². The summed E-state index contributed by atoms with van der Waals surface area (Å²) in [7, 11) is 1.36. The molecule has 0 atom stereocenters. The Morgan fingerprint density at radius 1 is 0.647 bits per heavy atom. The first-order valence-corrected chi connectivity index (χ1v) is 18.1. The van der Waals surface area contributed by atoms with Crippen LogP contribution in [0, 0.1) is 11.8 Å². The van der Waals surface area contributed by atoms with Crippen LogP contribution in [0.4, 0.5) is 0 Å². The van der Waals surface area contributed by atoms with E-state index in [1.807, 2.05) is 30.3 Å². The van der Waals surface area contributed by atoms with Gasteiger partial charge in [-0.2, -0.15) is 0 Å². The highest BCUT2D eigenvalue weighted by Crippen LogP contribution is 2.36. The van der Waals surface area contributed by atoms with Gasteiger partial charge in [0.05, 0.1) is 12.7 Å². The van der Waals surface area contributed by atoms with Gasteiger partial charge in [-0.1, -0.05) is 12.1 Å². The van der Waals surface area contributed by atoms with E-state index in [1.165, 1.54) is 7.11 Å². The fourth-order valence-corrected chi connectivity index (χ4v) is 8.57. The fraction of sp³-hybridized carbons (Fsp3) is 0.512. The van der Waals surface area contributed by atoms with E-state index in [9.17, 15) is 19.5 Å². The maximum absolute atomic E-state index is 12.9. The number of phenols is 1. The standard InChI is InChI=1S/C26H33NO4.C17H25NO2/c1-25(2)15-19(16-26(3,4)27-25)14-23(28)20-9-11-22(12-10-20)31-17-18-7-6-8-21(13-18)24(29)30-5;1-16(2)10-12(11-17(3,4)18-16)9-15(20)13-5-7-14(19)8-6-13/h6-13,19,27H,14-17H2,1-5H3;5-8,12,18-19H,9-11H2,1-4H3. The molecule has 2 heterocycles. The summed E-state index contributed by atoms with van der Waals surface area (Å²) < 4.78 is 10.6. The number of nitrogens with one attached hydrogen (secondary N) is 2. The molecule has 0 bridgehead atoms. The Morgan fingerprint density at radius 3 is 1.51 bits per heavy atom. The van der Waals surface area contributed by atoms with E-state index >= 15 is 0 Å². The third kappa shape index (κ3) is 12.3. The van der Waals surface area contributed by atoms with Gasteiger partial charge in [0, 0.05) is 46.1 Å². The van der Waals surface area contributed by atoms with Gasteiger partial charge in [-0.05, 0) is 159 Å². The predicted molar refractivity (Wildman–Crippen MR) is 203 cm³/mol. The molecule has 2 saturated heterocycles. The van der Waals surface area contributed by atoms with Crippen LogP contribution in [0.25, 0.3) is 0 Å². The Bertz CT molecular complexity index is 1620. The first-order valence-electron chi connectivity index (χ1n) is 18.1. The molecule has 0 spiro atoms. The van der Waals surface area contributed by atoms with Gasteiger partial charge in [0.1, 0.15) is 18.1 Å². The minimum atomic E-state index is -0.370. The summed E-state index contributed by atoms with van der Waals surface area (Å²) in [6, 6.07) is 21.0. The van der Waals surface area contributed by atoms with Crippen LogP contribution in [0.1, 0.15) is 131 Å². The number of carbonyl (C=O) groups is 3. The van der Waals surface area contributed by atoms with Crippen LogP contribution in [-0.4, -0.2) is 51.9 Å². The first-order chi connectivity index (χ1) is 23.7. The normalized spacial score (nSPS) is 19.2. The molecule has 3 aromatic rings. The van der Waals surface area contributed by atoms with Crippen molar-refractivity contribution in [1.29, 1.82) is 0 Å². The molecule has 0 aromatic heterocycles. The Hall–Kier alpha value is -4.01. The van der Waals surface area contributed by atoms with Crippen LogP contribution < -0.4 is 15.4 Å². The van der Waals surface area contributed by atoms with Crippen molar-refractivity contribution >= 4 is 17.5 Å². The molecule has 5 rings (SSSR count). The highest BCUT2D eigenvalue weighted by atomic mass is 16.5. The molecule has 0 saturated carbocycles. The lowest BCUT2D eigenvalue weighted by molar-refractivity contribution is 0.0599. The van der Waals surface area contributed by atoms with Crippen molar-refractivity contribution in [3.8, 4) is 11.5 Å². The van der Waals surface area contributed by atoms with Gasteiger partial charge < -0.3 is 25.2 Å². The van der Waals surface area contributed by atoms with Crippen LogP contribution in [-0.2, 0) is 11.3 Å². The number of hydrogen-bond acceptors (Lipinski definition) is 8. The largest absolute Gasteiger partial charge is 0.508 e. The van der Waals surface area contributed by atoms with E-state index in [4.69, 9.17) is 9.47 Å². The van der Waals surface area contributed by atoms with Crippen LogP contribution >= 0.6 is 0 Å². The van der Waals surface area contributed by atoms with Crippen molar-refractivity contribution in [3.05, 3.63) is 95.1 Å². The first kappa shape index (κ1) is 39.8. The van der Waals surface area contributed by atoms with Gasteiger partial charge in [-0.25, -0.2) is 4.79 Å². The number of phenolic OH excluding ortho intramolecular Hbond substituents is 1. The summed E-state index contributed by atoms with van der Waals surface area (Å²) in [5.74, 6) is 1.64. The summed E-state index contributed by atoms with van der Waals surface area (Å²) >= 11 is 0. The van der Waals surface area contributed by atoms with Crippen molar-refractivity contribution < 1.29 is 29.0 Å². The molecule has 0 unspecified atom stereocenters. The van der Waals surface area contributed by atoms with Crippen molar-refractivity contribution in [2.75, 3.05) is 7.11 Å². The number of Topliss-reactive ketones (excluding diaryl/α,β-unsaturated/α-hetero) is 2. The third-order valence-electron chi connectivity index (χ3n) is 9.62. The van der Waals surface area contributed by atoms with E-state index in [0.717, 1.165) is 31.2 Å². The quantitative estimate of drug-likeness (QED) is 0.142. The van der Waals surface area contributed by atoms with Crippen LogP contribution in [0.2, 0.25) is 0 Å². The lowest BCUT2D eigenvalue weighted by Crippen LogP contribution is -2.58. The minimum absolute atomic E-state index is 0.0373. The average Bonchev–Trinajstić information content (AvgIpc) is 3.01. The van der Waals surface area contributed by atoms with E-state index in [0.29, 0.717) is 53.7 Å². The number of rotatable bonds is 10. The Morgan fingerprint density at radius 2 is 1.08 bits per heavy atom. The van der Waals surface area contributed by atoms with Crippen LogP contribution in [0.5, 0.6) is 11.5 Å². The smallest absolute Gasteiger partial charge is 0.337 e. The predicted octanol–water partition coefficient (Wildman–Crippen LogP) is 8.70. The molecule has 2 aliphatic heterocycles. The molecule has 3 aromatic carbocycles. The molecular weight excluding hydrogens is 640 g/mol. The third-order valence-corrected chi connectivity index (χ3v) is 9.62. The lowest BCUT2D eigenvalue weighted by Gasteiger charge is -2.46. The SMILES string of the molecule is CC1(C)CC(CC(=O)c2ccc(O)cc2)CC(C)(C)N1.COC(=O)c1cccc(COc2ccc(C(=O)CC3CC(C)(C)NC(C)(C)C3)cc2)c1. The Kier molecular flexibility index (Phi) is 12.6. The fourth-order valence-electron chi connectivity index (χ4n) is 8.57. The molecule has 276 valence electrons. The number of ketones is 2. The van der Waals surface area contributed by atoms with Crippen LogP contribution in [0.3, 0.4) is 0 Å². The number of piperidine rings is 2. The molecule has 0 amide bonds. The zero-order valence-electron chi connectivity index (χ0n) is 32.0. The topological polar surface area (TPSA) is 114 Å². The second-order valence-electron chi connectivity index (χ2n) is 17.1. The van der Waals surface area contributed by atoms with E-state index in [-0.39, 0.29) is 45.4 Å². The van der Waals surface area contributed by atoms with Gasteiger partial charge in [0.25, 0.3) is 0 Å². The number of aromatic hydroxyl groups is 1. The molecule has 2 aliphatic rings. The molecule has 51 heavy (non-hydrogen) atoms. The Labute approximate surface area is 304 Å². The van der Waals surface area contributed by atoms with E-state index in [2.05, 4.69) is 66.0 Å². The van der Waals surface area contributed by atoms with Gasteiger partial charge in [-0.15, -0.1) is 0 Å². The maximum Gasteiger partial charge on any atom is 0.337 e. The Balaban J connectivity index is 0.000000251. The molecule has 3 N–H and O–H groups in total. The molecular formula is C43H58N2O6. The second kappa shape index (κ2) is 16.1. The van der Waals surface area contributed by atoms with Gasteiger partial charge in [0.2, 0.25) is 0 Å². The van der Waals surface area contributed by atoms with Crippen molar-refractivity contribution in [2.24, 2.45) is 11.8 Å². The molecule has 8 nitrogen and oxygen atoms in total. The number of carbonyl (C=O) groups excluding carboxylic acids is 3. The van der Waals surface area contributed by atoms with Crippen LogP contribution in [0.15, 0.2) is 72.8 Å². The monoisotopic (exact) mass is 698 g/mol. The number of esters is 1. The van der Waals surface area contributed by atoms with Crippen molar-refractivity contribution in [1.82, 2.24) is 10.6 Å². The van der Waals surface area contributed by atoms with Crippen molar-refractivity contribution in [2.45, 2.75) is 123 Å². The van der Waals surface area contributed by atoms with Gasteiger partial charge in [0.15, 0.2) is 11.6 Å². The highest BCUT2D eigenvalue weighted by Gasteiger charge is 2.39.